The molecule has 0 spiro atoms. The number of nitrogens with zero attached hydrogens (tertiary/aromatic N) is 1. The van der Waals surface area contributed by atoms with Gasteiger partial charge in [-0.2, -0.15) is 0 Å². The van der Waals surface area contributed by atoms with E-state index in [1.165, 1.54) is 24.0 Å². The zero-order valence-corrected chi connectivity index (χ0v) is 13.5. The van der Waals surface area contributed by atoms with E-state index in [2.05, 4.69) is 48.3 Å². The first-order valence-corrected chi connectivity index (χ1v) is 8.32. The highest BCUT2D eigenvalue weighted by atomic mass is 16.3. The summed E-state index contributed by atoms with van der Waals surface area (Å²) in [5.74, 6) is 0.704. The van der Waals surface area contributed by atoms with Crippen LogP contribution in [0.3, 0.4) is 0 Å². The highest BCUT2D eigenvalue weighted by Gasteiger charge is 2.17. The van der Waals surface area contributed by atoms with E-state index in [-0.39, 0.29) is 6.61 Å². The van der Waals surface area contributed by atoms with Crippen molar-refractivity contribution in [2.24, 2.45) is 5.92 Å². The average Bonchev–Trinajstić information content (AvgIpc) is 2.93. The van der Waals surface area contributed by atoms with Gasteiger partial charge in [0.15, 0.2) is 0 Å². The van der Waals surface area contributed by atoms with E-state index in [0.717, 1.165) is 32.6 Å². The summed E-state index contributed by atoms with van der Waals surface area (Å²) >= 11 is 0. The predicted molar refractivity (Wildman–Crippen MR) is 88.4 cm³/mol. The number of aliphatic hydroxyl groups excluding tert-OH is 1. The normalized spacial score (nSPS) is 18.8. The molecule has 3 nitrogen and oxygen atoms in total. The lowest BCUT2D eigenvalue weighted by atomic mass is 10.0. The number of nitrogens with one attached hydrogen (secondary N) is 1. The highest BCUT2D eigenvalue weighted by Crippen LogP contribution is 2.13. The summed E-state index contributed by atoms with van der Waals surface area (Å²) in [5, 5.41) is 12.8. The van der Waals surface area contributed by atoms with Crippen LogP contribution in [0.5, 0.6) is 0 Å². The SMILES string of the molecule is CC(C)Cc1ccc(CN(CCO)CC2CCCN2)cc1. The van der Waals surface area contributed by atoms with Crippen molar-refractivity contribution in [2.75, 3.05) is 26.2 Å². The summed E-state index contributed by atoms with van der Waals surface area (Å²) in [6.07, 6.45) is 3.68. The van der Waals surface area contributed by atoms with Gasteiger partial charge < -0.3 is 10.4 Å². The quantitative estimate of drug-likeness (QED) is 0.772. The zero-order valence-electron chi connectivity index (χ0n) is 13.5. The fraction of sp³-hybridized carbons (Fsp3) is 0.667. The molecule has 1 unspecified atom stereocenters. The summed E-state index contributed by atoms with van der Waals surface area (Å²) in [6, 6.07) is 9.58. The van der Waals surface area contributed by atoms with Gasteiger partial charge >= 0.3 is 0 Å². The summed E-state index contributed by atoms with van der Waals surface area (Å²) in [4.78, 5) is 2.36. The van der Waals surface area contributed by atoms with Crippen LogP contribution in [0.1, 0.15) is 37.8 Å². The fourth-order valence-corrected chi connectivity index (χ4v) is 3.11. The van der Waals surface area contributed by atoms with E-state index in [0.29, 0.717) is 12.0 Å². The van der Waals surface area contributed by atoms with Gasteiger partial charge in [-0.1, -0.05) is 38.1 Å². The van der Waals surface area contributed by atoms with Crippen LogP contribution in [0, 0.1) is 5.92 Å². The van der Waals surface area contributed by atoms with Gasteiger partial charge in [-0.05, 0) is 42.9 Å². The molecule has 1 aromatic carbocycles. The molecule has 0 radical (unpaired) electrons. The Morgan fingerprint density at radius 2 is 1.95 bits per heavy atom. The van der Waals surface area contributed by atoms with Gasteiger partial charge in [0.05, 0.1) is 6.61 Å². The number of hydrogen-bond donors (Lipinski definition) is 2. The van der Waals surface area contributed by atoms with Crippen molar-refractivity contribution >= 4 is 0 Å². The molecule has 1 heterocycles. The maximum Gasteiger partial charge on any atom is 0.0558 e. The maximum absolute atomic E-state index is 9.27. The van der Waals surface area contributed by atoms with Gasteiger partial charge in [-0.3, -0.25) is 4.90 Å². The molecular formula is C18H30N2O. The molecule has 1 saturated heterocycles. The molecule has 3 heteroatoms. The minimum atomic E-state index is 0.234. The van der Waals surface area contributed by atoms with Gasteiger partial charge in [-0.25, -0.2) is 0 Å². The van der Waals surface area contributed by atoms with Crippen molar-refractivity contribution in [3.63, 3.8) is 0 Å². The molecule has 0 aromatic heterocycles. The maximum atomic E-state index is 9.27. The molecule has 1 atom stereocenters. The minimum absolute atomic E-state index is 0.234. The van der Waals surface area contributed by atoms with Crippen molar-refractivity contribution in [1.29, 1.82) is 0 Å². The molecule has 0 saturated carbocycles. The van der Waals surface area contributed by atoms with Crippen LogP contribution in [-0.4, -0.2) is 42.3 Å². The molecule has 118 valence electrons. The Kier molecular flexibility index (Phi) is 6.68. The van der Waals surface area contributed by atoms with Crippen LogP contribution in [0.2, 0.25) is 0 Å². The van der Waals surface area contributed by atoms with Crippen LogP contribution >= 0.6 is 0 Å². The van der Waals surface area contributed by atoms with Crippen LogP contribution in [-0.2, 0) is 13.0 Å². The summed E-state index contributed by atoms with van der Waals surface area (Å²) < 4.78 is 0. The van der Waals surface area contributed by atoms with Gasteiger partial charge in [0, 0.05) is 25.7 Å². The van der Waals surface area contributed by atoms with Crippen molar-refractivity contribution in [3.05, 3.63) is 35.4 Å². The second-order valence-electron chi connectivity index (χ2n) is 6.67. The molecule has 1 aliphatic heterocycles. The number of hydrogen-bond acceptors (Lipinski definition) is 3. The third kappa shape index (κ3) is 5.77. The minimum Gasteiger partial charge on any atom is -0.395 e. The second kappa shape index (κ2) is 8.52. The molecular weight excluding hydrogens is 260 g/mol. The summed E-state index contributed by atoms with van der Waals surface area (Å²) in [6.45, 7) is 8.61. The van der Waals surface area contributed by atoms with Crippen molar-refractivity contribution in [3.8, 4) is 0 Å². The topological polar surface area (TPSA) is 35.5 Å². The molecule has 21 heavy (non-hydrogen) atoms. The van der Waals surface area contributed by atoms with Crippen LogP contribution in [0.25, 0.3) is 0 Å². The van der Waals surface area contributed by atoms with E-state index in [1.807, 2.05) is 0 Å². The number of benzene rings is 1. The van der Waals surface area contributed by atoms with E-state index in [9.17, 15) is 5.11 Å². The van der Waals surface area contributed by atoms with Crippen LogP contribution < -0.4 is 5.32 Å². The lowest BCUT2D eigenvalue weighted by molar-refractivity contribution is 0.179. The number of aliphatic hydroxyl groups is 1. The lowest BCUT2D eigenvalue weighted by Crippen LogP contribution is -2.38. The van der Waals surface area contributed by atoms with Crippen molar-refractivity contribution in [1.82, 2.24) is 10.2 Å². The van der Waals surface area contributed by atoms with E-state index < -0.39 is 0 Å². The molecule has 0 bridgehead atoms. The van der Waals surface area contributed by atoms with Gasteiger partial charge in [0.25, 0.3) is 0 Å². The zero-order chi connectivity index (χ0) is 15.1. The van der Waals surface area contributed by atoms with E-state index >= 15 is 0 Å². The first kappa shape index (κ1) is 16.5. The van der Waals surface area contributed by atoms with Gasteiger partial charge in [-0.15, -0.1) is 0 Å². The van der Waals surface area contributed by atoms with Gasteiger partial charge in [0.2, 0.25) is 0 Å². The van der Waals surface area contributed by atoms with Gasteiger partial charge in [0.1, 0.15) is 0 Å². The molecule has 0 amide bonds. The molecule has 2 rings (SSSR count). The molecule has 1 fully saturated rings. The monoisotopic (exact) mass is 290 g/mol. The first-order chi connectivity index (χ1) is 10.2. The predicted octanol–water partition coefficient (Wildman–Crippen LogP) is 2.43. The Morgan fingerprint density at radius 1 is 1.24 bits per heavy atom. The Morgan fingerprint density at radius 3 is 2.52 bits per heavy atom. The molecule has 0 aliphatic carbocycles. The van der Waals surface area contributed by atoms with E-state index in [1.54, 1.807) is 0 Å². The Labute approximate surface area is 129 Å². The fourth-order valence-electron chi connectivity index (χ4n) is 3.11. The average molecular weight is 290 g/mol. The van der Waals surface area contributed by atoms with Crippen LogP contribution in [0.4, 0.5) is 0 Å². The van der Waals surface area contributed by atoms with Crippen molar-refractivity contribution in [2.45, 2.75) is 45.7 Å². The Hall–Kier alpha value is -0.900. The second-order valence-corrected chi connectivity index (χ2v) is 6.67. The molecule has 1 aromatic rings. The third-order valence-corrected chi connectivity index (χ3v) is 4.13. The lowest BCUT2D eigenvalue weighted by Gasteiger charge is -2.25. The number of rotatable bonds is 8. The summed E-state index contributed by atoms with van der Waals surface area (Å²) in [7, 11) is 0. The van der Waals surface area contributed by atoms with Crippen molar-refractivity contribution < 1.29 is 5.11 Å². The largest absolute Gasteiger partial charge is 0.395 e. The van der Waals surface area contributed by atoms with Crippen LogP contribution in [0.15, 0.2) is 24.3 Å². The Bertz CT molecular complexity index is 396. The molecule has 1 aliphatic rings. The van der Waals surface area contributed by atoms with E-state index in [4.69, 9.17) is 0 Å². The highest BCUT2D eigenvalue weighted by molar-refractivity contribution is 5.22. The first-order valence-electron chi connectivity index (χ1n) is 8.32. The smallest absolute Gasteiger partial charge is 0.0558 e. The third-order valence-electron chi connectivity index (χ3n) is 4.13. The molecule has 2 N–H and O–H groups in total. The standard InChI is InChI=1S/C18H30N2O/c1-15(2)12-16-5-7-17(8-6-16)13-20(10-11-21)14-18-4-3-9-19-18/h5-8,15,18-19,21H,3-4,9-14H2,1-2H3. The Balaban J connectivity index is 1.89. The summed E-state index contributed by atoms with van der Waals surface area (Å²) in [5.41, 5.74) is 2.76.